The third kappa shape index (κ3) is 4.77. The summed E-state index contributed by atoms with van der Waals surface area (Å²) in [6.45, 7) is 11.4. The maximum Gasteiger partial charge on any atom is 0.235 e. The van der Waals surface area contributed by atoms with Gasteiger partial charge in [-0.1, -0.05) is 34.1 Å². The Morgan fingerprint density at radius 2 is 1.81 bits per heavy atom. The van der Waals surface area contributed by atoms with Crippen molar-refractivity contribution in [2.75, 3.05) is 6.54 Å². The van der Waals surface area contributed by atoms with Crippen LogP contribution < -0.4 is 0 Å². The van der Waals surface area contributed by atoms with Crippen LogP contribution in [0, 0.1) is 5.92 Å². The summed E-state index contributed by atoms with van der Waals surface area (Å²) in [5.41, 5.74) is 0. The quantitative estimate of drug-likeness (QED) is 0.682. The summed E-state index contributed by atoms with van der Waals surface area (Å²) >= 11 is 4.42. The van der Waals surface area contributed by atoms with Gasteiger partial charge < -0.3 is 4.90 Å². The molecule has 2 unspecified atom stereocenters. The molecule has 96 valence electrons. The third-order valence-corrected chi connectivity index (χ3v) is 3.86. The second-order valence-corrected chi connectivity index (χ2v) is 5.39. The molecule has 0 N–H and O–H groups in total. The Labute approximate surface area is 106 Å². The van der Waals surface area contributed by atoms with Gasteiger partial charge in [-0.05, 0) is 25.7 Å². The van der Waals surface area contributed by atoms with Gasteiger partial charge in [0.25, 0.3) is 0 Å². The lowest BCUT2D eigenvalue weighted by molar-refractivity contribution is -0.133. The Hall–Kier alpha value is -0.180. The molecule has 0 aliphatic carbocycles. The van der Waals surface area contributed by atoms with Crippen LogP contribution in [0.3, 0.4) is 0 Å². The first-order valence-corrected chi connectivity index (χ1v) is 6.95. The van der Waals surface area contributed by atoms with Crippen molar-refractivity contribution in [2.24, 2.45) is 5.92 Å². The molecule has 2 nitrogen and oxygen atoms in total. The highest BCUT2D eigenvalue weighted by molar-refractivity contribution is 7.81. The molecule has 1 amide bonds. The Morgan fingerprint density at radius 3 is 2.19 bits per heavy atom. The largest absolute Gasteiger partial charge is 0.339 e. The lowest BCUT2D eigenvalue weighted by Crippen LogP contribution is -2.44. The van der Waals surface area contributed by atoms with Gasteiger partial charge in [0.15, 0.2) is 0 Å². The number of nitrogens with zero attached hydrogens (tertiary/aromatic N) is 1. The van der Waals surface area contributed by atoms with E-state index in [1.54, 1.807) is 0 Å². The maximum atomic E-state index is 12.2. The number of thiol groups is 1. The molecule has 0 saturated carbocycles. The van der Waals surface area contributed by atoms with Crippen LogP contribution in [0.1, 0.15) is 53.9 Å². The van der Waals surface area contributed by atoms with Crippen LogP contribution in [-0.2, 0) is 4.79 Å². The van der Waals surface area contributed by atoms with Gasteiger partial charge in [-0.2, -0.15) is 12.6 Å². The van der Waals surface area contributed by atoms with E-state index >= 15 is 0 Å². The predicted molar refractivity (Wildman–Crippen MR) is 74.0 cm³/mol. The molecule has 16 heavy (non-hydrogen) atoms. The van der Waals surface area contributed by atoms with Crippen molar-refractivity contribution in [1.29, 1.82) is 0 Å². The first-order valence-electron chi connectivity index (χ1n) is 6.44. The number of hydrogen-bond acceptors (Lipinski definition) is 2. The number of unbranched alkanes of at least 4 members (excludes halogenated alkanes) is 1. The maximum absolute atomic E-state index is 12.2. The molecule has 0 bridgehead atoms. The minimum absolute atomic E-state index is 0.161. The molecule has 0 aliphatic heterocycles. The zero-order valence-corrected chi connectivity index (χ0v) is 12.3. The van der Waals surface area contributed by atoms with E-state index in [-0.39, 0.29) is 11.2 Å². The fourth-order valence-electron chi connectivity index (χ4n) is 1.55. The van der Waals surface area contributed by atoms with E-state index in [4.69, 9.17) is 0 Å². The van der Waals surface area contributed by atoms with E-state index in [9.17, 15) is 4.79 Å². The second-order valence-electron chi connectivity index (χ2n) is 4.83. The van der Waals surface area contributed by atoms with Crippen LogP contribution in [0.4, 0.5) is 0 Å². The van der Waals surface area contributed by atoms with Crippen LogP contribution in [0.15, 0.2) is 0 Å². The molecule has 0 fully saturated rings. The minimum atomic E-state index is -0.161. The van der Waals surface area contributed by atoms with Gasteiger partial charge in [0.05, 0.1) is 5.25 Å². The van der Waals surface area contributed by atoms with Crippen molar-refractivity contribution < 1.29 is 4.79 Å². The highest BCUT2D eigenvalue weighted by atomic mass is 32.1. The molecule has 0 saturated heterocycles. The lowest BCUT2D eigenvalue weighted by atomic mass is 10.1. The summed E-state index contributed by atoms with van der Waals surface area (Å²) in [6.07, 6.45) is 3.21. The van der Waals surface area contributed by atoms with Crippen molar-refractivity contribution in [3.8, 4) is 0 Å². The van der Waals surface area contributed by atoms with Crippen LogP contribution in [-0.4, -0.2) is 28.6 Å². The Kier molecular flexibility index (Phi) is 7.90. The average molecular weight is 245 g/mol. The molecular weight excluding hydrogens is 218 g/mol. The number of rotatable bonds is 7. The summed E-state index contributed by atoms with van der Waals surface area (Å²) in [5, 5.41) is -0.161. The third-order valence-electron chi connectivity index (χ3n) is 3.04. The highest BCUT2D eigenvalue weighted by Crippen LogP contribution is 2.16. The lowest BCUT2D eigenvalue weighted by Gasteiger charge is -2.31. The topological polar surface area (TPSA) is 20.3 Å². The van der Waals surface area contributed by atoms with E-state index < -0.39 is 0 Å². The zero-order chi connectivity index (χ0) is 12.7. The molecular formula is C13H27NOS. The molecule has 0 aliphatic rings. The van der Waals surface area contributed by atoms with E-state index in [0.717, 1.165) is 25.8 Å². The van der Waals surface area contributed by atoms with Crippen LogP contribution in [0.5, 0.6) is 0 Å². The highest BCUT2D eigenvalue weighted by Gasteiger charge is 2.26. The van der Waals surface area contributed by atoms with Crippen LogP contribution >= 0.6 is 12.6 Å². The van der Waals surface area contributed by atoms with E-state index in [0.29, 0.717) is 12.0 Å². The summed E-state index contributed by atoms with van der Waals surface area (Å²) in [5.74, 6) is 0.491. The zero-order valence-electron chi connectivity index (χ0n) is 11.4. The Balaban J connectivity index is 4.54. The van der Waals surface area contributed by atoms with Crippen molar-refractivity contribution in [3.63, 3.8) is 0 Å². The van der Waals surface area contributed by atoms with Crippen molar-refractivity contribution in [3.05, 3.63) is 0 Å². The first-order chi connectivity index (χ1) is 7.45. The fraction of sp³-hybridized carbons (Fsp3) is 0.923. The number of hydrogen-bond donors (Lipinski definition) is 1. The van der Waals surface area contributed by atoms with Gasteiger partial charge in [0, 0.05) is 12.6 Å². The minimum Gasteiger partial charge on any atom is -0.339 e. The van der Waals surface area contributed by atoms with Crippen LogP contribution in [0.25, 0.3) is 0 Å². The predicted octanol–water partition coefficient (Wildman–Crippen LogP) is 3.37. The molecule has 0 spiro atoms. The summed E-state index contributed by atoms with van der Waals surface area (Å²) < 4.78 is 0. The molecule has 0 rings (SSSR count). The van der Waals surface area contributed by atoms with E-state index in [1.807, 2.05) is 18.7 Å². The normalized spacial score (nSPS) is 14.9. The Bertz CT molecular complexity index is 206. The number of amides is 1. The van der Waals surface area contributed by atoms with E-state index in [2.05, 4.69) is 33.4 Å². The molecule has 2 atom stereocenters. The molecule has 0 aromatic heterocycles. The molecule has 3 heteroatoms. The summed E-state index contributed by atoms with van der Waals surface area (Å²) in [4.78, 5) is 14.2. The van der Waals surface area contributed by atoms with Gasteiger partial charge in [0.2, 0.25) is 5.91 Å². The summed E-state index contributed by atoms with van der Waals surface area (Å²) in [7, 11) is 0. The van der Waals surface area contributed by atoms with Crippen LogP contribution in [0.2, 0.25) is 0 Å². The second kappa shape index (κ2) is 7.99. The molecule has 0 aromatic carbocycles. The standard InChI is InChI=1S/C13H27NOS/c1-6-8-9-14(11(5)7-2)13(15)12(16)10(3)4/h10-12,16H,6-9H2,1-5H3. The van der Waals surface area contributed by atoms with Crippen molar-refractivity contribution in [1.82, 2.24) is 4.90 Å². The van der Waals surface area contributed by atoms with Gasteiger partial charge in [-0.15, -0.1) is 0 Å². The fourth-order valence-corrected chi connectivity index (χ4v) is 1.70. The Morgan fingerprint density at radius 1 is 1.25 bits per heavy atom. The first kappa shape index (κ1) is 15.8. The monoisotopic (exact) mass is 245 g/mol. The average Bonchev–Trinajstić information content (AvgIpc) is 2.27. The molecule has 0 radical (unpaired) electrons. The van der Waals surface area contributed by atoms with Crippen molar-refractivity contribution in [2.45, 2.75) is 65.2 Å². The van der Waals surface area contributed by atoms with Gasteiger partial charge >= 0.3 is 0 Å². The SMILES string of the molecule is CCCCN(C(=O)C(S)C(C)C)C(C)CC. The van der Waals surface area contributed by atoms with Gasteiger partial charge in [-0.3, -0.25) is 4.79 Å². The number of carbonyl (C=O) groups excluding carboxylic acids is 1. The van der Waals surface area contributed by atoms with Crippen molar-refractivity contribution >= 4 is 18.5 Å². The number of carbonyl (C=O) groups is 1. The van der Waals surface area contributed by atoms with E-state index in [1.165, 1.54) is 0 Å². The smallest absolute Gasteiger partial charge is 0.235 e. The van der Waals surface area contributed by atoms with Gasteiger partial charge in [0.1, 0.15) is 0 Å². The molecule has 0 aromatic rings. The summed E-state index contributed by atoms with van der Waals surface area (Å²) in [6, 6.07) is 0.326. The molecule has 0 heterocycles. The van der Waals surface area contributed by atoms with Gasteiger partial charge in [-0.25, -0.2) is 0 Å².